The molecule has 0 spiro atoms. The van der Waals surface area contributed by atoms with Crippen LogP contribution in [-0.2, 0) is 28.9 Å². The first-order valence-electron chi connectivity index (χ1n) is 8.27. The van der Waals surface area contributed by atoms with Crippen LogP contribution in [-0.4, -0.2) is 24.9 Å². The average Bonchev–Trinajstić information content (AvgIpc) is 2.53. The van der Waals surface area contributed by atoms with E-state index < -0.39 is 0 Å². The Morgan fingerprint density at radius 3 is 2.61 bits per heavy atom. The van der Waals surface area contributed by atoms with Gasteiger partial charge in [0.15, 0.2) is 0 Å². The monoisotopic (exact) mass is 318 g/mol. The molecule has 0 saturated heterocycles. The number of nitrogens with one attached hydrogen (secondary N) is 1. The van der Waals surface area contributed by atoms with Crippen LogP contribution in [0.3, 0.4) is 0 Å². The van der Waals surface area contributed by atoms with Gasteiger partial charge in [-0.05, 0) is 48.9 Å². The van der Waals surface area contributed by atoms with E-state index in [4.69, 9.17) is 11.5 Å². The number of nitrogens with two attached hydrogens (primary N) is 2. The fourth-order valence-corrected chi connectivity index (χ4v) is 2.44. The van der Waals surface area contributed by atoms with Gasteiger partial charge in [0.05, 0.1) is 12.8 Å². The number of rotatable bonds is 11. The van der Waals surface area contributed by atoms with Crippen molar-refractivity contribution in [3.8, 4) is 0 Å². The quantitative estimate of drug-likeness (QED) is 0.536. The van der Waals surface area contributed by atoms with Crippen LogP contribution in [0, 0.1) is 6.42 Å². The molecule has 127 valence electrons. The predicted molar refractivity (Wildman–Crippen MR) is 92.6 cm³/mol. The first-order valence-corrected chi connectivity index (χ1v) is 8.27. The number of unbranched alkanes of at least 4 members (excludes halogenated alkanes) is 2. The molecule has 0 atom stereocenters. The van der Waals surface area contributed by atoms with Crippen LogP contribution in [0.5, 0.6) is 0 Å². The summed E-state index contributed by atoms with van der Waals surface area (Å²) in [4.78, 5) is 22.8. The van der Waals surface area contributed by atoms with E-state index in [1.54, 1.807) is 6.42 Å². The van der Waals surface area contributed by atoms with Crippen molar-refractivity contribution in [1.82, 2.24) is 5.32 Å². The first-order chi connectivity index (χ1) is 11.1. The fourth-order valence-electron chi connectivity index (χ4n) is 2.44. The minimum Gasteiger partial charge on any atom is -0.369 e. The summed E-state index contributed by atoms with van der Waals surface area (Å²) in [6, 6.07) is 5.92. The molecule has 1 rings (SSSR count). The predicted octanol–water partition coefficient (Wildman–Crippen LogP) is 1.27. The van der Waals surface area contributed by atoms with Gasteiger partial charge in [-0.25, -0.2) is 0 Å². The van der Waals surface area contributed by atoms with Crippen LogP contribution < -0.4 is 16.8 Å². The molecule has 0 aliphatic carbocycles. The molecule has 0 aliphatic heterocycles. The highest BCUT2D eigenvalue weighted by Crippen LogP contribution is 2.15. The SMILES string of the molecule is CCc1cc(C[CH]C(=O)NCCCCCN)ccc1CC(N)=O. The Bertz CT molecular complexity index is 515. The van der Waals surface area contributed by atoms with E-state index in [1.165, 1.54) is 0 Å². The Hall–Kier alpha value is -1.88. The Kier molecular flexibility index (Phi) is 8.98. The normalized spacial score (nSPS) is 10.5. The molecule has 2 amide bonds. The molecule has 0 fully saturated rings. The second-order valence-corrected chi connectivity index (χ2v) is 5.65. The summed E-state index contributed by atoms with van der Waals surface area (Å²) in [7, 11) is 0. The molecule has 0 unspecified atom stereocenters. The molecule has 1 aromatic rings. The van der Waals surface area contributed by atoms with Gasteiger partial charge in [0.25, 0.3) is 0 Å². The number of aryl methyl sites for hydroxylation is 1. The van der Waals surface area contributed by atoms with Crippen molar-refractivity contribution in [1.29, 1.82) is 0 Å². The Morgan fingerprint density at radius 2 is 1.96 bits per heavy atom. The van der Waals surface area contributed by atoms with E-state index in [1.807, 2.05) is 25.1 Å². The zero-order valence-electron chi connectivity index (χ0n) is 13.9. The van der Waals surface area contributed by atoms with Gasteiger partial charge < -0.3 is 16.8 Å². The fraction of sp³-hybridized carbons (Fsp3) is 0.500. The smallest absolute Gasteiger partial charge is 0.224 e. The maximum atomic E-state index is 11.8. The second-order valence-electron chi connectivity index (χ2n) is 5.65. The number of carbonyl (C=O) groups is 2. The standard InChI is InChI=1S/C18H28N3O2/c1-2-15-12-14(6-8-16(15)13-17(20)22)7-9-18(23)21-11-5-3-4-10-19/h6,8-9,12H,2-5,7,10-11,13,19H2,1H3,(H2,20,22)(H,21,23). The topological polar surface area (TPSA) is 98.2 Å². The minimum absolute atomic E-state index is 0.0444. The largest absolute Gasteiger partial charge is 0.369 e. The zero-order valence-corrected chi connectivity index (χ0v) is 13.9. The zero-order chi connectivity index (χ0) is 17.1. The van der Waals surface area contributed by atoms with Crippen molar-refractivity contribution >= 4 is 11.8 Å². The summed E-state index contributed by atoms with van der Waals surface area (Å²) in [5.41, 5.74) is 13.8. The average molecular weight is 318 g/mol. The number of amides is 2. The van der Waals surface area contributed by atoms with Crippen molar-refractivity contribution in [3.05, 3.63) is 41.3 Å². The lowest BCUT2D eigenvalue weighted by Crippen LogP contribution is -2.25. The summed E-state index contributed by atoms with van der Waals surface area (Å²) in [5, 5.41) is 2.88. The van der Waals surface area contributed by atoms with Crippen molar-refractivity contribution in [2.75, 3.05) is 13.1 Å². The van der Waals surface area contributed by atoms with E-state index in [9.17, 15) is 9.59 Å². The molecular formula is C18H28N3O2. The van der Waals surface area contributed by atoms with Crippen LogP contribution in [0.4, 0.5) is 0 Å². The van der Waals surface area contributed by atoms with Gasteiger partial charge in [-0.2, -0.15) is 0 Å². The number of hydrogen-bond acceptors (Lipinski definition) is 3. The number of carbonyl (C=O) groups excluding carboxylic acids is 2. The Balaban J connectivity index is 2.42. The summed E-state index contributed by atoms with van der Waals surface area (Å²) < 4.78 is 0. The lowest BCUT2D eigenvalue weighted by molar-refractivity contribution is -0.118. The minimum atomic E-state index is -0.326. The molecule has 23 heavy (non-hydrogen) atoms. The molecule has 0 saturated carbocycles. The highest BCUT2D eigenvalue weighted by molar-refractivity contribution is 5.84. The summed E-state index contributed by atoms with van der Waals surface area (Å²) in [5.74, 6) is -0.370. The summed E-state index contributed by atoms with van der Waals surface area (Å²) >= 11 is 0. The highest BCUT2D eigenvalue weighted by atomic mass is 16.1. The molecular weight excluding hydrogens is 290 g/mol. The van der Waals surface area contributed by atoms with E-state index in [2.05, 4.69) is 5.32 Å². The third-order valence-corrected chi connectivity index (χ3v) is 3.72. The van der Waals surface area contributed by atoms with Gasteiger partial charge in [0.2, 0.25) is 11.8 Å². The van der Waals surface area contributed by atoms with Crippen LogP contribution >= 0.6 is 0 Å². The van der Waals surface area contributed by atoms with Gasteiger partial charge in [-0.15, -0.1) is 0 Å². The number of hydrogen-bond donors (Lipinski definition) is 3. The molecule has 0 aromatic heterocycles. The molecule has 5 heteroatoms. The van der Waals surface area contributed by atoms with Crippen LogP contribution in [0.2, 0.25) is 0 Å². The van der Waals surface area contributed by atoms with Gasteiger partial charge >= 0.3 is 0 Å². The van der Waals surface area contributed by atoms with Crippen LogP contribution in [0.15, 0.2) is 18.2 Å². The molecule has 1 radical (unpaired) electrons. The van der Waals surface area contributed by atoms with Gasteiger partial charge in [-0.3, -0.25) is 9.59 Å². The van der Waals surface area contributed by atoms with E-state index in [0.717, 1.165) is 42.4 Å². The van der Waals surface area contributed by atoms with Crippen LogP contribution in [0.1, 0.15) is 42.9 Å². The van der Waals surface area contributed by atoms with Gasteiger partial charge in [0.1, 0.15) is 0 Å². The van der Waals surface area contributed by atoms with Gasteiger partial charge in [0, 0.05) is 6.54 Å². The maximum Gasteiger partial charge on any atom is 0.224 e. The first kappa shape index (κ1) is 19.2. The summed E-state index contributed by atoms with van der Waals surface area (Å²) in [6.07, 6.45) is 6.33. The van der Waals surface area contributed by atoms with Crippen molar-refractivity contribution in [2.24, 2.45) is 11.5 Å². The lowest BCUT2D eigenvalue weighted by Gasteiger charge is -2.09. The number of primary amides is 1. The van der Waals surface area contributed by atoms with Crippen molar-refractivity contribution < 1.29 is 9.59 Å². The number of benzene rings is 1. The molecule has 5 N–H and O–H groups in total. The van der Waals surface area contributed by atoms with Crippen LogP contribution in [0.25, 0.3) is 0 Å². The van der Waals surface area contributed by atoms with Gasteiger partial charge in [-0.1, -0.05) is 31.5 Å². The van der Waals surface area contributed by atoms with E-state index in [0.29, 0.717) is 19.5 Å². The third-order valence-electron chi connectivity index (χ3n) is 3.72. The lowest BCUT2D eigenvalue weighted by atomic mass is 9.97. The maximum absolute atomic E-state index is 11.8. The Morgan fingerprint density at radius 1 is 1.17 bits per heavy atom. The molecule has 0 aliphatic rings. The molecule has 0 bridgehead atoms. The Labute approximate surface area is 138 Å². The highest BCUT2D eigenvalue weighted by Gasteiger charge is 2.07. The molecule has 0 heterocycles. The van der Waals surface area contributed by atoms with E-state index >= 15 is 0 Å². The van der Waals surface area contributed by atoms with Crippen molar-refractivity contribution in [2.45, 2.75) is 45.4 Å². The van der Waals surface area contributed by atoms with Crippen molar-refractivity contribution in [3.63, 3.8) is 0 Å². The van der Waals surface area contributed by atoms with E-state index in [-0.39, 0.29) is 18.2 Å². The summed E-state index contributed by atoms with van der Waals surface area (Å²) in [6.45, 7) is 3.43. The molecule has 1 aromatic carbocycles. The second kappa shape index (κ2) is 10.8. The molecule has 5 nitrogen and oxygen atoms in total. The third kappa shape index (κ3) is 7.79.